The third kappa shape index (κ3) is 4.24. The minimum atomic E-state index is 0.0213. The third-order valence-corrected chi connectivity index (χ3v) is 4.63. The van der Waals surface area contributed by atoms with Crippen molar-refractivity contribution in [1.29, 1.82) is 0 Å². The van der Waals surface area contributed by atoms with Crippen molar-refractivity contribution >= 4 is 11.7 Å². The van der Waals surface area contributed by atoms with Crippen molar-refractivity contribution in [3.05, 3.63) is 30.3 Å². The van der Waals surface area contributed by atoms with E-state index in [4.69, 9.17) is 4.74 Å². The number of hydrogen-bond acceptors (Lipinski definition) is 3. The molecule has 3 rings (SSSR count). The molecule has 0 aliphatic carbocycles. The normalized spacial score (nSPS) is 28.8. The maximum absolute atomic E-state index is 12.6. The Labute approximate surface area is 138 Å². The first kappa shape index (κ1) is 16.3. The fourth-order valence-corrected chi connectivity index (χ4v) is 3.74. The number of nitrogens with one attached hydrogen (secondary N) is 1. The number of ether oxygens (including phenoxy) is 1. The van der Waals surface area contributed by atoms with Gasteiger partial charge >= 0.3 is 6.03 Å². The lowest BCUT2D eigenvalue weighted by molar-refractivity contribution is -0.0712. The number of amides is 2. The van der Waals surface area contributed by atoms with Crippen LogP contribution in [0.5, 0.6) is 0 Å². The second-order valence-corrected chi connectivity index (χ2v) is 6.76. The number of urea groups is 1. The lowest BCUT2D eigenvalue weighted by atomic mass is 10.1. The summed E-state index contributed by atoms with van der Waals surface area (Å²) < 4.78 is 5.80. The predicted molar refractivity (Wildman–Crippen MR) is 91.6 cm³/mol. The van der Waals surface area contributed by atoms with Crippen molar-refractivity contribution in [3.8, 4) is 0 Å². The Morgan fingerprint density at radius 3 is 2.61 bits per heavy atom. The van der Waals surface area contributed by atoms with Crippen molar-refractivity contribution in [1.82, 2.24) is 9.80 Å². The molecule has 23 heavy (non-hydrogen) atoms. The highest BCUT2D eigenvalue weighted by Crippen LogP contribution is 2.21. The minimum absolute atomic E-state index is 0.0213. The Morgan fingerprint density at radius 2 is 1.91 bits per heavy atom. The molecule has 0 radical (unpaired) electrons. The van der Waals surface area contributed by atoms with Crippen LogP contribution in [-0.2, 0) is 4.74 Å². The second kappa shape index (κ2) is 7.32. The molecule has 0 bridgehead atoms. The monoisotopic (exact) mass is 317 g/mol. The average Bonchev–Trinajstić information content (AvgIpc) is 2.95. The maximum Gasteiger partial charge on any atom is 0.322 e. The summed E-state index contributed by atoms with van der Waals surface area (Å²) in [7, 11) is 0. The SMILES string of the molecule is C[C@@H]1CN(C[C@H]2CCCN2C(=O)Nc2ccccc2)C[C@H](C)O1. The van der Waals surface area contributed by atoms with Gasteiger partial charge in [-0.2, -0.15) is 0 Å². The number of para-hydroxylation sites is 1. The zero-order chi connectivity index (χ0) is 16.2. The highest BCUT2D eigenvalue weighted by atomic mass is 16.5. The van der Waals surface area contributed by atoms with Gasteiger partial charge in [0.05, 0.1) is 12.2 Å². The summed E-state index contributed by atoms with van der Waals surface area (Å²) in [5.41, 5.74) is 0.858. The second-order valence-electron chi connectivity index (χ2n) is 6.76. The van der Waals surface area contributed by atoms with E-state index in [9.17, 15) is 4.79 Å². The molecule has 0 spiro atoms. The number of likely N-dealkylation sites (tertiary alicyclic amines) is 1. The Kier molecular flexibility index (Phi) is 5.18. The third-order valence-electron chi connectivity index (χ3n) is 4.63. The van der Waals surface area contributed by atoms with Crippen molar-refractivity contribution in [2.75, 3.05) is 31.5 Å². The zero-order valence-electron chi connectivity index (χ0n) is 14.1. The van der Waals surface area contributed by atoms with E-state index < -0.39 is 0 Å². The van der Waals surface area contributed by atoms with Gasteiger partial charge in [0.1, 0.15) is 0 Å². The smallest absolute Gasteiger partial charge is 0.322 e. The van der Waals surface area contributed by atoms with Gasteiger partial charge in [-0.15, -0.1) is 0 Å². The van der Waals surface area contributed by atoms with E-state index in [1.165, 1.54) is 0 Å². The summed E-state index contributed by atoms with van der Waals surface area (Å²) in [4.78, 5) is 17.0. The highest BCUT2D eigenvalue weighted by molar-refractivity contribution is 5.89. The van der Waals surface area contributed by atoms with Gasteiger partial charge in [-0.1, -0.05) is 18.2 Å². The first-order valence-electron chi connectivity index (χ1n) is 8.62. The van der Waals surface area contributed by atoms with Gasteiger partial charge in [-0.25, -0.2) is 4.79 Å². The zero-order valence-corrected chi connectivity index (χ0v) is 14.1. The van der Waals surface area contributed by atoms with E-state index in [-0.39, 0.29) is 18.2 Å². The minimum Gasteiger partial charge on any atom is -0.373 e. The number of benzene rings is 1. The van der Waals surface area contributed by atoms with Gasteiger partial charge in [-0.3, -0.25) is 4.90 Å². The Balaban J connectivity index is 1.58. The van der Waals surface area contributed by atoms with Crippen LogP contribution in [0, 0.1) is 0 Å². The molecule has 5 heteroatoms. The van der Waals surface area contributed by atoms with E-state index >= 15 is 0 Å². The molecule has 2 aliphatic rings. The molecule has 1 aromatic rings. The summed E-state index contributed by atoms with van der Waals surface area (Å²) in [6.45, 7) is 7.94. The van der Waals surface area contributed by atoms with Gasteiger partial charge in [0, 0.05) is 37.9 Å². The van der Waals surface area contributed by atoms with Gasteiger partial charge in [-0.05, 0) is 38.8 Å². The van der Waals surface area contributed by atoms with Crippen LogP contribution in [0.2, 0.25) is 0 Å². The summed E-state index contributed by atoms with van der Waals surface area (Å²) in [5.74, 6) is 0. The van der Waals surface area contributed by atoms with Crippen molar-refractivity contribution in [2.24, 2.45) is 0 Å². The molecule has 2 saturated heterocycles. The molecule has 0 unspecified atom stereocenters. The molecule has 2 amide bonds. The molecule has 0 aromatic heterocycles. The number of rotatable bonds is 3. The lowest BCUT2D eigenvalue weighted by Gasteiger charge is -2.38. The molecule has 5 nitrogen and oxygen atoms in total. The topological polar surface area (TPSA) is 44.8 Å². The molecular formula is C18H27N3O2. The molecule has 1 aromatic carbocycles. The van der Waals surface area contributed by atoms with Crippen molar-refractivity contribution in [2.45, 2.75) is 44.9 Å². The first-order chi connectivity index (χ1) is 11.1. The van der Waals surface area contributed by atoms with Crippen LogP contribution in [0.1, 0.15) is 26.7 Å². The fraction of sp³-hybridized carbons (Fsp3) is 0.611. The molecule has 0 saturated carbocycles. The number of carbonyl (C=O) groups excluding carboxylic acids is 1. The lowest BCUT2D eigenvalue weighted by Crippen LogP contribution is -2.51. The Morgan fingerprint density at radius 1 is 1.22 bits per heavy atom. The largest absolute Gasteiger partial charge is 0.373 e. The maximum atomic E-state index is 12.6. The Bertz CT molecular complexity index is 512. The van der Waals surface area contributed by atoms with Gasteiger partial charge in [0.15, 0.2) is 0 Å². The van der Waals surface area contributed by atoms with Crippen LogP contribution >= 0.6 is 0 Å². The van der Waals surface area contributed by atoms with Gasteiger partial charge in [0.2, 0.25) is 0 Å². The van der Waals surface area contributed by atoms with Crippen LogP contribution in [0.4, 0.5) is 10.5 Å². The van der Waals surface area contributed by atoms with E-state index in [1.54, 1.807) is 0 Å². The Hall–Kier alpha value is -1.59. The van der Waals surface area contributed by atoms with E-state index in [0.717, 1.165) is 44.7 Å². The molecule has 2 fully saturated rings. The quantitative estimate of drug-likeness (QED) is 0.932. The van der Waals surface area contributed by atoms with Gasteiger partial charge in [0.25, 0.3) is 0 Å². The van der Waals surface area contributed by atoms with Crippen molar-refractivity contribution < 1.29 is 9.53 Å². The van der Waals surface area contributed by atoms with Crippen LogP contribution < -0.4 is 5.32 Å². The summed E-state index contributed by atoms with van der Waals surface area (Å²) >= 11 is 0. The van der Waals surface area contributed by atoms with E-state index in [2.05, 4.69) is 24.1 Å². The van der Waals surface area contributed by atoms with E-state index in [0.29, 0.717) is 6.04 Å². The van der Waals surface area contributed by atoms with Crippen LogP contribution in [-0.4, -0.2) is 60.3 Å². The van der Waals surface area contributed by atoms with Crippen LogP contribution in [0.3, 0.4) is 0 Å². The summed E-state index contributed by atoms with van der Waals surface area (Å²) in [5, 5.41) is 3.01. The number of carbonyl (C=O) groups is 1. The van der Waals surface area contributed by atoms with Crippen LogP contribution in [0.15, 0.2) is 30.3 Å². The number of hydrogen-bond donors (Lipinski definition) is 1. The predicted octanol–water partition coefficient (Wildman–Crippen LogP) is 2.79. The van der Waals surface area contributed by atoms with Crippen molar-refractivity contribution in [3.63, 3.8) is 0 Å². The van der Waals surface area contributed by atoms with Gasteiger partial charge < -0.3 is 15.0 Å². The molecule has 126 valence electrons. The summed E-state index contributed by atoms with van der Waals surface area (Å²) in [6, 6.07) is 10.0. The summed E-state index contributed by atoms with van der Waals surface area (Å²) in [6.07, 6.45) is 2.71. The number of nitrogens with zero attached hydrogens (tertiary/aromatic N) is 2. The first-order valence-corrected chi connectivity index (χ1v) is 8.62. The average molecular weight is 317 g/mol. The molecule has 1 N–H and O–H groups in total. The molecule has 3 atom stereocenters. The molecule has 2 heterocycles. The van der Waals surface area contributed by atoms with E-state index in [1.807, 2.05) is 35.2 Å². The molecular weight excluding hydrogens is 290 g/mol. The highest BCUT2D eigenvalue weighted by Gasteiger charge is 2.32. The molecule has 2 aliphatic heterocycles. The number of anilines is 1. The fourth-order valence-electron chi connectivity index (χ4n) is 3.74. The standard InChI is InChI=1S/C18H27N3O2/c1-14-11-20(12-15(2)23-14)13-17-9-6-10-21(17)18(22)19-16-7-4-3-5-8-16/h3-5,7-8,14-15,17H,6,9-13H2,1-2H3,(H,19,22)/t14-,15+,17-/m1/s1. The van der Waals surface area contributed by atoms with Crippen LogP contribution in [0.25, 0.3) is 0 Å². The number of morpholine rings is 1.